The summed E-state index contributed by atoms with van der Waals surface area (Å²) in [5, 5.41) is 0. The lowest BCUT2D eigenvalue weighted by Crippen LogP contribution is -2.07. The van der Waals surface area contributed by atoms with Gasteiger partial charge in [-0.3, -0.25) is 4.79 Å². The molecule has 5 heteroatoms. The summed E-state index contributed by atoms with van der Waals surface area (Å²) in [6, 6.07) is 9.08. The average molecular weight is 240 g/mol. The quantitative estimate of drug-likeness (QED) is 0.606. The second-order valence-corrected chi connectivity index (χ2v) is 4.24. The van der Waals surface area contributed by atoms with Crippen LogP contribution in [0.15, 0.2) is 35.1 Å². The molecule has 90 valence electrons. The molecule has 0 spiro atoms. The number of fused-ring (bicyclic) bond motifs is 1. The Morgan fingerprint density at radius 2 is 1.94 bits per heavy atom. The maximum absolute atomic E-state index is 11.4. The Bertz CT molecular complexity index is 785. The molecule has 0 amide bonds. The first-order valence-electron chi connectivity index (χ1n) is 5.58. The molecule has 5 nitrogen and oxygen atoms in total. The summed E-state index contributed by atoms with van der Waals surface area (Å²) in [6.07, 6.45) is 0. The Labute approximate surface area is 103 Å². The van der Waals surface area contributed by atoms with Crippen LogP contribution in [-0.4, -0.2) is 15.0 Å². The SMILES string of the molecule is Cc1nc2ccc(-c3cc(N)[nH]c(=O)c3)cc2[nH]1. The third-order valence-corrected chi connectivity index (χ3v) is 2.80. The first-order valence-corrected chi connectivity index (χ1v) is 5.58. The number of aromatic amines is 2. The van der Waals surface area contributed by atoms with Gasteiger partial charge < -0.3 is 15.7 Å². The van der Waals surface area contributed by atoms with Gasteiger partial charge in [0.1, 0.15) is 11.6 Å². The molecular weight excluding hydrogens is 228 g/mol. The number of imidazole rings is 1. The molecule has 4 N–H and O–H groups in total. The van der Waals surface area contributed by atoms with E-state index in [1.165, 1.54) is 6.07 Å². The summed E-state index contributed by atoms with van der Waals surface area (Å²) in [5.74, 6) is 1.23. The highest BCUT2D eigenvalue weighted by Gasteiger charge is 2.04. The van der Waals surface area contributed by atoms with Crippen LogP contribution in [0.25, 0.3) is 22.2 Å². The van der Waals surface area contributed by atoms with E-state index in [1.807, 2.05) is 25.1 Å². The van der Waals surface area contributed by atoms with E-state index in [1.54, 1.807) is 6.07 Å². The number of hydrogen-bond acceptors (Lipinski definition) is 3. The van der Waals surface area contributed by atoms with Crippen molar-refractivity contribution in [2.45, 2.75) is 6.92 Å². The number of pyridine rings is 1. The van der Waals surface area contributed by atoms with E-state index < -0.39 is 0 Å². The number of nitrogens with one attached hydrogen (secondary N) is 2. The van der Waals surface area contributed by atoms with Crippen molar-refractivity contribution >= 4 is 16.9 Å². The third-order valence-electron chi connectivity index (χ3n) is 2.80. The second kappa shape index (κ2) is 3.73. The van der Waals surface area contributed by atoms with Gasteiger partial charge in [0.15, 0.2) is 0 Å². The average Bonchev–Trinajstić information content (AvgIpc) is 2.66. The number of H-pyrrole nitrogens is 2. The van der Waals surface area contributed by atoms with E-state index in [0.717, 1.165) is 28.0 Å². The fraction of sp³-hybridized carbons (Fsp3) is 0.0769. The smallest absolute Gasteiger partial charge is 0.250 e. The van der Waals surface area contributed by atoms with Crippen molar-refractivity contribution in [3.63, 3.8) is 0 Å². The molecule has 0 fully saturated rings. The lowest BCUT2D eigenvalue weighted by atomic mass is 10.1. The van der Waals surface area contributed by atoms with Crippen molar-refractivity contribution in [3.8, 4) is 11.1 Å². The second-order valence-electron chi connectivity index (χ2n) is 4.24. The standard InChI is InChI=1S/C13H12N4O/c1-7-15-10-3-2-8(4-11(10)16-7)9-5-12(14)17-13(18)6-9/h2-6H,1H3,(H,15,16)(H3,14,17,18). The summed E-state index contributed by atoms with van der Waals surface area (Å²) >= 11 is 0. The van der Waals surface area contributed by atoms with Crippen LogP contribution in [0, 0.1) is 6.92 Å². The Kier molecular flexibility index (Phi) is 2.19. The minimum Gasteiger partial charge on any atom is -0.385 e. The van der Waals surface area contributed by atoms with Crippen LogP contribution in [0.5, 0.6) is 0 Å². The molecule has 0 saturated heterocycles. The first kappa shape index (κ1) is 10.6. The van der Waals surface area contributed by atoms with Crippen molar-refractivity contribution in [3.05, 3.63) is 46.5 Å². The van der Waals surface area contributed by atoms with E-state index in [4.69, 9.17) is 5.73 Å². The van der Waals surface area contributed by atoms with Crippen LogP contribution in [-0.2, 0) is 0 Å². The van der Waals surface area contributed by atoms with Crippen LogP contribution < -0.4 is 11.3 Å². The molecule has 0 radical (unpaired) electrons. The maximum atomic E-state index is 11.4. The molecule has 0 saturated carbocycles. The number of nitrogens with zero attached hydrogens (tertiary/aromatic N) is 1. The van der Waals surface area contributed by atoms with Gasteiger partial charge in [-0.2, -0.15) is 0 Å². The number of aromatic nitrogens is 3. The molecule has 0 aliphatic heterocycles. The predicted molar refractivity (Wildman–Crippen MR) is 71.3 cm³/mol. The van der Waals surface area contributed by atoms with Crippen molar-refractivity contribution in [2.75, 3.05) is 5.73 Å². The van der Waals surface area contributed by atoms with Crippen LogP contribution in [0.3, 0.4) is 0 Å². The summed E-state index contributed by atoms with van der Waals surface area (Å²) in [4.78, 5) is 21.4. The minimum atomic E-state index is -0.203. The van der Waals surface area contributed by atoms with Gasteiger partial charge in [-0.15, -0.1) is 0 Å². The summed E-state index contributed by atoms with van der Waals surface area (Å²) in [6.45, 7) is 1.91. The van der Waals surface area contributed by atoms with Gasteiger partial charge in [-0.05, 0) is 36.2 Å². The Morgan fingerprint density at radius 3 is 2.72 bits per heavy atom. The van der Waals surface area contributed by atoms with Crippen LogP contribution in [0.2, 0.25) is 0 Å². The van der Waals surface area contributed by atoms with Gasteiger partial charge in [0.25, 0.3) is 0 Å². The number of benzene rings is 1. The van der Waals surface area contributed by atoms with E-state index in [2.05, 4.69) is 15.0 Å². The number of nitrogen functional groups attached to an aromatic ring is 1. The molecule has 0 aliphatic rings. The van der Waals surface area contributed by atoms with Gasteiger partial charge in [-0.1, -0.05) is 6.07 Å². The highest BCUT2D eigenvalue weighted by Crippen LogP contribution is 2.23. The summed E-state index contributed by atoms with van der Waals surface area (Å²) < 4.78 is 0. The van der Waals surface area contributed by atoms with Gasteiger partial charge in [-0.25, -0.2) is 4.98 Å². The number of aryl methyl sites for hydroxylation is 1. The zero-order valence-corrected chi connectivity index (χ0v) is 9.82. The third kappa shape index (κ3) is 1.75. The van der Waals surface area contributed by atoms with Crippen molar-refractivity contribution in [2.24, 2.45) is 0 Å². The number of rotatable bonds is 1. The Morgan fingerprint density at radius 1 is 1.11 bits per heavy atom. The van der Waals surface area contributed by atoms with Crippen molar-refractivity contribution in [1.29, 1.82) is 0 Å². The molecule has 0 aliphatic carbocycles. The van der Waals surface area contributed by atoms with E-state index in [9.17, 15) is 4.79 Å². The fourth-order valence-electron chi connectivity index (χ4n) is 2.05. The molecular formula is C13H12N4O. The predicted octanol–water partition coefficient (Wildman–Crippen LogP) is 1.81. The molecule has 1 aromatic carbocycles. The van der Waals surface area contributed by atoms with E-state index in [-0.39, 0.29) is 5.56 Å². The van der Waals surface area contributed by atoms with Gasteiger partial charge in [0, 0.05) is 6.07 Å². The monoisotopic (exact) mass is 240 g/mol. The normalized spacial score (nSPS) is 10.9. The minimum absolute atomic E-state index is 0.203. The van der Waals surface area contributed by atoms with Crippen molar-refractivity contribution in [1.82, 2.24) is 15.0 Å². The topological polar surface area (TPSA) is 87.6 Å². The molecule has 18 heavy (non-hydrogen) atoms. The largest absolute Gasteiger partial charge is 0.385 e. The molecule has 2 aromatic heterocycles. The fourth-order valence-corrected chi connectivity index (χ4v) is 2.05. The highest BCUT2D eigenvalue weighted by atomic mass is 16.1. The van der Waals surface area contributed by atoms with E-state index in [0.29, 0.717) is 5.82 Å². The zero-order chi connectivity index (χ0) is 12.7. The molecule has 3 rings (SSSR count). The van der Waals surface area contributed by atoms with E-state index >= 15 is 0 Å². The van der Waals surface area contributed by atoms with Crippen LogP contribution in [0.1, 0.15) is 5.82 Å². The molecule has 2 heterocycles. The van der Waals surface area contributed by atoms with Crippen molar-refractivity contribution < 1.29 is 0 Å². The molecule has 3 aromatic rings. The molecule has 0 unspecified atom stereocenters. The number of anilines is 1. The number of hydrogen-bond donors (Lipinski definition) is 3. The molecule has 0 atom stereocenters. The zero-order valence-electron chi connectivity index (χ0n) is 9.82. The van der Waals surface area contributed by atoms with Gasteiger partial charge in [0.05, 0.1) is 11.0 Å². The Balaban J connectivity index is 2.21. The molecule has 0 bridgehead atoms. The Hall–Kier alpha value is -2.56. The first-order chi connectivity index (χ1) is 8.61. The highest BCUT2D eigenvalue weighted by molar-refractivity contribution is 5.82. The maximum Gasteiger partial charge on any atom is 0.250 e. The summed E-state index contributed by atoms with van der Waals surface area (Å²) in [5.41, 5.74) is 9.02. The van der Waals surface area contributed by atoms with Gasteiger partial charge >= 0.3 is 0 Å². The van der Waals surface area contributed by atoms with Gasteiger partial charge in [0.2, 0.25) is 5.56 Å². The van der Waals surface area contributed by atoms with Crippen LogP contribution >= 0.6 is 0 Å². The lowest BCUT2D eigenvalue weighted by Gasteiger charge is -2.02. The lowest BCUT2D eigenvalue weighted by molar-refractivity contribution is 1.17. The number of nitrogens with two attached hydrogens (primary N) is 1. The summed E-state index contributed by atoms with van der Waals surface area (Å²) in [7, 11) is 0. The van der Waals surface area contributed by atoms with Crippen LogP contribution in [0.4, 0.5) is 5.82 Å².